The third-order valence-electron chi connectivity index (χ3n) is 4.68. The number of nitro benzene ring substituents is 1. The fourth-order valence-electron chi connectivity index (χ4n) is 3.16. The zero-order valence-electron chi connectivity index (χ0n) is 16.7. The highest BCUT2D eigenvalue weighted by Crippen LogP contribution is 2.35. The van der Waals surface area contributed by atoms with Crippen LogP contribution in [0.4, 0.5) is 11.4 Å². The van der Waals surface area contributed by atoms with Gasteiger partial charge in [0.05, 0.1) is 30.9 Å². The highest BCUT2D eigenvalue weighted by atomic mass is 16.6. The Morgan fingerprint density at radius 2 is 2.03 bits per heavy atom. The number of methoxy groups -OCH3 is 2. The minimum absolute atomic E-state index is 0.183. The predicted molar refractivity (Wildman–Crippen MR) is 107 cm³/mol. The van der Waals surface area contributed by atoms with Crippen LogP contribution in [-0.2, 0) is 9.59 Å². The average molecular weight is 415 g/mol. The molecule has 158 valence electrons. The number of nitrogens with one attached hydrogen (secondary N) is 1. The Morgan fingerprint density at radius 1 is 1.27 bits per heavy atom. The van der Waals surface area contributed by atoms with Gasteiger partial charge in [0.2, 0.25) is 5.91 Å². The van der Waals surface area contributed by atoms with Crippen LogP contribution >= 0.6 is 0 Å². The number of nitrogens with zero attached hydrogens (tertiary/aromatic N) is 2. The maximum Gasteiger partial charge on any atom is 0.271 e. The van der Waals surface area contributed by atoms with Crippen molar-refractivity contribution in [2.24, 2.45) is 0 Å². The summed E-state index contributed by atoms with van der Waals surface area (Å²) in [6.45, 7) is 1.21. The van der Waals surface area contributed by atoms with E-state index in [1.807, 2.05) is 0 Å². The Morgan fingerprint density at radius 3 is 2.70 bits per heavy atom. The summed E-state index contributed by atoms with van der Waals surface area (Å²) in [5.41, 5.74) is 0.684. The molecule has 10 nitrogen and oxygen atoms in total. The quantitative estimate of drug-likeness (QED) is 0.544. The molecule has 0 unspecified atom stereocenters. The Balaban J connectivity index is 1.79. The monoisotopic (exact) mass is 415 g/mol. The van der Waals surface area contributed by atoms with Crippen molar-refractivity contribution in [2.45, 2.75) is 13.0 Å². The van der Waals surface area contributed by atoms with Crippen LogP contribution in [0.5, 0.6) is 17.2 Å². The van der Waals surface area contributed by atoms with Gasteiger partial charge in [0, 0.05) is 17.7 Å². The van der Waals surface area contributed by atoms with Crippen molar-refractivity contribution < 1.29 is 28.7 Å². The van der Waals surface area contributed by atoms with Crippen LogP contribution in [0.25, 0.3) is 0 Å². The van der Waals surface area contributed by atoms with Gasteiger partial charge in [-0.3, -0.25) is 24.6 Å². The van der Waals surface area contributed by atoms with Gasteiger partial charge in [-0.05, 0) is 31.2 Å². The number of rotatable bonds is 7. The molecule has 1 aliphatic heterocycles. The summed E-state index contributed by atoms with van der Waals surface area (Å²) in [7, 11) is 3.06. The van der Waals surface area contributed by atoms with Gasteiger partial charge in [0.15, 0.2) is 6.61 Å². The van der Waals surface area contributed by atoms with Gasteiger partial charge in [0.1, 0.15) is 23.8 Å². The molecular weight excluding hydrogens is 394 g/mol. The average Bonchev–Trinajstić information content (AvgIpc) is 2.74. The Hall–Kier alpha value is -3.82. The second-order valence-electron chi connectivity index (χ2n) is 6.57. The lowest BCUT2D eigenvalue weighted by atomic mass is 10.1. The first-order valence-corrected chi connectivity index (χ1v) is 9.07. The highest BCUT2D eigenvalue weighted by Gasteiger charge is 2.29. The minimum atomic E-state index is -0.575. The first-order valence-electron chi connectivity index (χ1n) is 9.07. The molecular formula is C20H21N3O7. The van der Waals surface area contributed by atoms with Crippen molar-refractivity contribution in [2.75, 3.05) is 32.3 Å². The van der Waals surface area contributed by atoms with E-state index in [4.69, 9.17) is 14.2 Å². The number of benzene rings is 2. The molecule has 0 bridgehead atoms. The van der Waals surface area contributed by atoms with Crippen molar-refractivity contribution in [3.8, 4) is 17.2 Å². The van der Waals surface area contributed by atoms with Crippen molar-refractivity contribution in [1.29, 1.82) is 0 Å². The van der Waals surface area contributed by atoms with Gasteiger partial charge in [-0.1, -0.05) is 0 Å². The van der Waals surface area contributed by atoms with E-state index in [0.29, 0.717) is 22.8 Å². The molecule has 2 aromatic carbocycles. The summed E-state index contributed by atoms with van der Waals surface area (Å²) in [6, 6.07) is 8.70. The number of non-ortho nitro benzene ring substituents is 1. The second kappa shape index (κ2) is 8.68. The first kappa shape index (κ1) is 20.9. The second-order valence-corrected chi connectivity index (χ2v) is 6.57. The van der Waals surface area contributed by atoms with Crippen molar-refractivity contribution in [3.63, 3.8) is 0 Å². The predicted octanol–water partition coefficient (Wildman–Crippen LogP) is 2.21. The SMILES string of the molecule is COc1ccc(OC)c([C@H](C)NC(=O)CN2C(=O)COc3ccc([N+](=O)[O-])cc32)c1. The Kier molecular flexibility index (Phi) is 6.05. The third-order valence-corrected chi connectivity index (χ3v) is 4.68. The number of nitro groups is 1. The number of ether oxygens (including phenoxy) is 3. The summed E-state index contributed by atoms with van der Waals surface area (Å²) in [5, 5.41) is 13.9. The van der Waals surface area contributed by atoms with Gasteiger partial charge in [-0.25, -0.2) is 0 Å². The smallest absolute Gasteiger partial charge is 0.271 e. The standard InChI is InChI=1S/C20H21N3O7/c1-12(15-9-14(28-2)5-7-17(15)29-3)21-19(24)10-22-16-8-13(23(26)27)4-6-18(16)30-11-20(22)25/h4-9,12H,10-11H2,1-3H3,(H,21,24)/t12-/m0/s1. The normalized spacial score (nSPS) is 13.7. The molecule has 0 spiro atoms. The molecule has 0 radical (unpaired) electrons. The fourth-order valence-corrected chi connectivity index (χ4v) is 3.16. The van der Waals surface area contributed by atoms with Crippen LogP contribution in [0.1, 0.15) is 18.5 Å². The first-order chi connectivity index (χ1) is 14.3. The maximum atomic E-state index is 12.7. The summed E-state index contributed by atoms with van der Waals surface area (Å²) >= 11 is 0. The third kappa shape index (κ3) is 4.27. The molecule has 2 aromatic rings. The maximum absolute atomic E-state index is 12.7. The molecule has 30 heavy (non-hydrogen) atoms. The van der Waals surface area contributed by atoms with E-state index < -0.39 is 22.8 Å². The number of carbonyl (C=O) groups excluding carboxylic acids is 2. The van der Waals surface area contributed by atoms with Gasteiger partial charge >= 0.3 is 0 Å². The summed E-state index contributed by atoms with van der Waals surface area (Å²) in [6.07, 6.45) is 0. The summed E-state index contributed by atoms with van der Waals surface area (Å²) < 4.78 is 15.9. The molecule has 1 N–H and O–H groups in total. The van der Waals surface area contributed by atoms with Crippen molar-refractivity contribution in [1.82, 2.24) is 5.32 Å². The molecule has 1 atom stereocenters. The van der Waals surface area contributed by atoms with Crippen LogP contribution in [0.2, 0.25) is 0 Å². The van der Waals surface area contributed by atoms with Crippen molar-refractivity contribution in [3.05, 3.63) is 52.1 Å². The number of anilines is 1. The zero-order chi connectivity index (χ0) is 21.8. The number of carbonyl (C=O) groups is 2. The van der Waals surface area contributed by atoms with E-state index in [2.05, 4.69) is 5.32 Å². The molecule has 0 saturated heterocycles. The topological polar surface area (TPSA) is 120 Å². The van der Waals surface area contributed by atoms with Gasteiger partial charge in [-0.15, -0.1) is 0 Å². The van der Waals surface area contributed by atoms with Gasteiger partial charge in [0.25, 0.3) is 11.6 Å². The number of hydrogen-bond donors (Lipinski definition) is 1. The molecule has 0 aromatic heterocycles. The van der Waals surface area contributed by atoms with E-state index in [0.717, 1.165) is 0 Å². The largest absolute Gasteiger partial charge is 0.497 e. The van der Waals surface area contributed by atoms with E-state index in [9.17, 15) is 19.7 Å². The van der Waals surface area contributed by atoms with Crippen LogP contribution < -0.4 is 24.4 Å². The molecule has 0 aliphatic carbocycles. The van der Waals surface area contributed by atoms with Crippen LogP contribution in [0, 0.1) is 10.1 Å². The number of fused-ring (bicyclic) bond motifs is 1. The Bertz CT molecular complexity index is 992. The van der Waals surface area contributed by atoms with Gasteiger partial charge < -0.3 is 19.5 Å². The van der Waals surface area contributed by atoms with E-state index in [-0.39, 0.29) is 24.5 Å². The Labute approximate surface area is 172 Å². The highest BCUT2D eigenvalue weighted by molar-refractivity contribution is 6.02. The number of amides is 2. The lowest BCUT2D eigenvalue weighted by molar-refractivity contribution is -0.384. The molecule has 1 aliphatic rings. The molecule has 2 amide bonds. The molecule has 3 rings (SSSR count). The molecule has 10 heteroatoms. The van der Waals surface area contributed by atoms with Crippen LogP contribution in [0.3, 0.4) is 0 Å². The van der Waals surface area contributed by atoms with E-state index in [1.165, 1.54) is 37.3 Å². The summed E-state index contributed by atoms with van der Waals surface area (Å²) in [4.78, 5) is 36.7. The van der Waals surface area contributed by atoms with Crippen LogP contribution in [0.15, 0.2) is 36.4 Å². The number of hydrogen-bond acceptors (Lipinski definition) is 7. The zero-order valence-corrected chi connectivity index (χ0v) is 16.7. The van der Waals surface area contributed by atoms with Crippen LogP contribution in [-0.4, -0.2) is 44.1 Å². The minimum Gasteiger partial charge on any atom is -0.497 e. The molecule has 0 saturated carbocycles. The molecule has 1 heterocycles. The lowest BCUT2D eigenvalue weighted by Gasteiger charge is -2.29. The van der Waals surface area contributed by atoms with Gasteiger partial charge in [-0.2, -0.15) is 0 Å². The van der Waals surface area contributed by atoms with Crippen molar-refractivity contribution >= 4 is 23.2 Å². The fraction of sp³-hybridized carbons (Fsp3) is 0.300. The van der Waals surface area contributed by atoms with E-state index >= 15 is 0 Å². The van der Waals surface area contributed by atoms with E-state index in [1.54, 1.807) is 25.1 Å². The summed E-state index contributed by atoms with van der Waals surface area (Å²) in [5.74, 6) is 0.573. The molecule has 0 fully saturated rings. The lowest BCUT2D eigenvalue weighted by Crippen LogP contribution is -2.45.